The Labute approximate surface area is 220 Å². The third-order valence-corrected chi connectivity index (χ3v) is 8.44. The average Bonchev–Trinajstić information content (AvgIpc) is 3.34. The van der Waals surface area contributed by atoms with Gasteiger partial charge in [0.2, 0.25) is 11.9 Å². The molecule has 3 N–H and O–H groups in total. The highest BCUT2D eigenvalue weighted by Gasteiger charge is 2.62. The van der Waals surface area contributed by atoms with Gasteiger partial charge in [0.1, 0.15) is 17.5 Å². The maximum Gasteiger partial charge on any atom is 0.224 e. The molecule has 5 heterocycles. The number of imidazole rings is 1. The van der Waals surface area contributed by atoms with Crippen molar-refractivity contribution in [3.8, 4) is 11.3 Å². The zero-order valence-electron chi connectivity index (χ0n) is 20.0. The number of rotatable bonds is 2. The number of halogens is 3. The summed E-state index contributed by atoms with van der Waals surface area (Å²) in [6, 6.07) is 2.79. The molecule has 0 radical (unpaired) electrons. The van der Waals surface area contributed by atoms with Crippen LogP contribution < -0.4 is 5.73 Å². The van der Waals surface area contributed by atoms with Gasteiger partial charge in [-0.2, -0.15) is 4.39 Å². The third-order valence-electron chi connectivity index (χ3n) is 8.16. The number of allylic oxidation sites excluding steroid dienone is 6. The van der Waals surface area contributed by atoms with E-state index in [1.54, 1.807) is 0 Å². The second-order valence-electron chi connectivity index (χ2n) is 10.4. The van der Waals surface area contributed by atoms with Gasteiger partial charge in [-0.25, -0.2) is 14.4 Å². The Morgan fingerprint density at radius 3 is 2.76 bits per heavy atom. The summed E-state index contributed by atoms with van der Waals surface area (Å²) in [4.78, 5) is 43.6. The number of ketones is 1. The number of fused-ring (bicyclic) bond motifs is 5. The SMILES string of the molecule is Nc1ccc(-c2cnc(C3CN4C(=O)CC5(CC5)[C@H]4C4=C3C3=CC(=O)C=C(F)/C3=C(\Cl)C=NC4)[nH]2)c(F)n1. The Morgan fingerprint density at radius 2 is 2.00 bits per heavy atom. The standard InChI is InChI=1S/C27H21ClF2N6O2/c28-17-9-32-8-15-22(14-5-12(37)6-18(29)23(14)17)16(11-36-21(38)7-27(3-4-27)24(15)36)26-33-10-19(34-26)13-1-2-20(31)35-25(13)30/h1-2,5-6,9-10,16,24H,3-4,7-8,11H2,(H2,31,35)(H,33,34)/b23-17-,32-9?/t16?,24-/m1/s1. The molecule has 38 heavy (non-hydrogen) atoms. The minimum atomic E-state index is -0.751. The number of nitrogen functional groups attached to an aromatic ring is 1. The van der Waals surface area contributed by atoms with Crippen LogP contribution in [0.4, 0.5) is 14.6 Å². The molecule has 11 heteroatoms. The summed E-state index contributed by atoms with van der Waals surface area (Å²) < 4.78 is 29.8. The van der Waals surface area contributed by atoms with E-state index in [0.717, 1.165) is 24.5 Å². The van der Waals surface area contributed by atoms with Crippen LogP contribution in [0.2, 0.25) is 0 Å². The van der Waals surface area contributed by atoms with E-state index in [4.69, 9.17) is 17.3 Å². The number of nitrogens with zero attached hydrogens (tertiary/aromatic N) is 4. The van der Waals surface area contributed by atoms with E-state index in [2.05, 4.69) is 19.9 Å². The van der Waals surface area contributed by atoms with Crippen LogP contribution in [0.25, 0.3) is 11.3 Å². The van der Waals surface area contributed by atoms with E-state index in [-0.39, 0.29) is 52.4 Å². The van der Waals surface area contributed by atoms with Crippen LogP contribution in [0.15, 0.2) is 68.6 Å². The molecule has 2 atom stereocenters. The monoisotopic (exact) mass is 534 g/mol. The Kier molecular flexibility index (Phi) is 4.91. The first-order valence-corrected chi connectivity index (χ1v) is 12.7. The van der Waals surface area contributed by atoms with Crippen LogP contribution in [0, 0.1) is 11.4 Å². The number of nitrogens with two attached hydrogens (primary N) is 1. The molecule has 1 unspecified atom stereocenters. The first kappa shape index (κ1) is 23.2. The van der Waals surface area contributed by atoms with Gasteiger partial charge in [-0.05, 0) is 47.8 Å². The molecule has 1 saturated carbocycles. The lowest BCUT2D eigenvalue weighted by Gasteiger charge is -2.42. The van der Waals surface area contributed by atoms with E-state index in [1.165, 1.54) is 30.6 Å². The number of aliphatic imine (C=N–C) groups is 1. The number of nitrogens with one attached hydrogen (secondary N) is 1. The largest absolute Gasteiger partial charge is 0.384 e. The summed E-state index contributed by atoms with van der Waals surface area (Å²) in [5.74, 6) is -2.00. The van der Waals surface area contributed by atoms with Gasteiger partial charge >= 0.3 is 0 Å². The first-order chi connectivity index (χ1) is 18.3. The van der Waals surface area contributed by atoms with Gasteiger partial charge in [-0.1, -0.05) is 11.6 Å². The fourth-order valence-electron chi connectivity index (χ4n) is 6.39. The summed E-state index contributed by atoms with van der Waals surface area (Å²) in [5, 5.41) is 0.0871. The molecule has 2 aromatic heterocycles. The van der Waals surface area contributed by atoms with Crippen LogP contribution in [0.5, 0.6) is 0 Å². The molecule has 2 fully saturated rings. The van der Waals surface area contributed by atoms with Gasteiger partial charge < -0.3 is 15.6 Å². The minimum absolute atomic E-state index is 0.0456. The Hall–Kier alpha value is -3.92. The number of hydrogen-bond acceptors (Lipinski definition) is 6. The van der Waals surface area contributed by atoms with Crippen molar-refractivity contribution >= 4 is 35.3 Å². The van der Waals surface area contributed by atoms with Crippen LogP contribution in [-0.4, -0.2) is 56.9 Å². The predicted octanol–water partition coefficient (Wildman–Crippen LogP) is 3.91. The third kappa shape index (κ3) is 3.36. The number of aromatic nitrogens is 3. The molecule has 0 aromatic carbocycles. The van der Waals surface area contributed by atoms with Crippen molar-refractivity contribution in [3.05, 3.63) is 75.4 Å². The summed E-state index contributed by atoms with van der Waals surface area (Å²) in [5.41, 5.74) is 7.99. The van der Waals surface area contributed by atoms with E-state index in [0.29, 0.717) is 29.1 Å². The number of H-pyrrole nitrogens is 1. The summed E-state index contributed by atoms with van der Waals surface area (Å²) in [6.07, 6.45) is 7.45. The highest BCUT2D eigenvalue weighted by Crippen LogP contribution is 2.62. The molecule has 2 aromatic rings. The lowest BCUT2D eigenvalue weighted by atomic mass is 9.74. The van der Waals surface area contributed by atoms with Crippen molar-refractivity contribution in [3.63, 3.8) is 0 Å². The smallest absolute Gasteiger partial charge is 0.224 e. The number of hydrogen-bond donors (Lipinski definition) is 2. The normalized spacial score (nSPS) is 27.5. The Bertz CT molecular complexity index is 1610. The maximum atomic E-state index is 15.2. The zero-order chi connectivity index (χ0) is 26.3. The zero-order valence-corrected chi connectivity index (χ0v) is 20.7. The number of amides is 1. The van der Waals surface area contributed by atoms with Crippen molar-refractivity contribution in [2.45, 2.75) is 31.2 Å². The average molecular weight is 535 g/mol. The van der Waals surface area contributed by atoms with Crippen LogP contribution in [-0.2, 0) is 9.59 Å². The molecular weight excluding hydrogens is 514 g/mol. The van der Waals surface area contributed by atoms with Gasteiger partial charge in [0, 0.05) is 36.2 Å². The molecule has 1 spiro atoms. The number of carbonyl (C=O) groups excluding carboxylic acids is 2. The van der Waals surface area contributed by atoms with Crippen molar-refractivity contribution in [1.29, 1.82) is 0 Å². The number of carbonyl (C=O) groups is 2. The van der Waals surface area contributed by atoms with Crippen LogP contribution >= 0.6 is 11.6 Å². The first-order valence-electron chi connectivity index (χ1n) is 12.3. The lowest BCUT2D eigenvalue weighted by molar-refractivity contribution is -0.129. The maximum absolute atomic E-state index is 15.2. The minimum Gasteiger partial charge on any atom is -0.384 e. The van der Waals surface area contributed by atoms with Crippen LogP contribution in [0.3, 0.4) is 0 Å². The molecule has 8 nitrogen and oxygen atoms in total. The van der Waals surface area contributed by atoms with E-state index in [9.17, 15) is 14.0 Å². The summed E-state index contributed by atoms with van der Waals surface area (Å²) in [6.45, 7) is 0.511. The second kappa shape index (κ2) is 8.04. The lowest BCUT2D eigenvalue weighted by Crippen LogP contribution is -2.46. The number of anilines is 1. The van der Waals surface area contributed by atoms with E-state index in [1.807, 2.05) is 4.90 Å². The van der Waals surface area contributed by atoms with Crippen molar-refractivity contribution in [2.75, 3.05) is 18.8 Å². The number of pyridine rings is 1. The fourth-order valence-corrected chi connectivity index (χ4v) is 6.65. The predicted molar refractivity (Wildman–Crippen MR) is 136 cm³/mol. The fraction of sp³-hybridized carbons (Fsp3) is 0.296. The molecule has 0 bridgehead atoms. The second-order valence-corrected chi connectivity index (χ2v) is 10.8. The van der Waals surface area contributed by atoms with Gasteiger partial charge in [0.15, 0.2) is 5.78 Å². The van der Waals surface area contributed by atoms with Crippen molar-refractivity contribution in [1.82, 2.24) is 19.9 Å². The highest BCUT2D eigenvalue weighted by atomic mass is 35.5. The topological polar surface area (TPSA) is 117 Å². The molecule has 1 saturated heterocycles. The van der Waals surface area contributed by atoms with Gasteiger partial charge in [0.25, 0.3) is 0 Å². The Morgan fingerprint density at radius 1 is 1.18 bits per heavy atom. The van der Waals surface area contributed by atoms with Gasteiger partial charge in [-0.15, -0.1) is 0 Å². The molecule has 192 valence electrons. The summed E-state index contributed by atoms with van der Waals surface area (Å²) >= 11 is 6.48. The van der Waals surface area contributed by atoms with E-state index >= 15 is 4.39 Å². The van der Waals surface area contributed by atoms with E-state index < -0.39 is 23.5 Å². The van der Waals surface area contributed by atoms with Crippen LogP contribution in [0.1, 0.15) is 31.0 Å². The van der Waals surface area contributed by atoms with Gasteiger partial charge in [-0.3, -0.25) is 14.6 Å². The molecular formula is C27H21ClF2N6O2. The highest BCUT2D eigenvalue weighted by molar-refractivity contribution is 6.40. The quantitative estimate of drug-likeness (QED) is 0.567. The summed E-state index contributed by atoms with van der Waals surface area (Å²) in [7, 11) is 0. The molecule has 5 aliphatic rings. The molecule has 3 aliphatic heterocycles. The van der Waals surface area contributed by atoms with Crippen molar-refractivity contribution in [2.24, 2.45) is 10.4 Å². The number of aromatic amines is 1. The van der Waals surface area contributed by atoms with Gasteiger partial charge in [0.05, 0.1) is 41.0 Å². The molecule has 1 amide bonds. The van der Waals surface area contributed by atoms with Crippen molar-refractivity contribution < 1.29 is 18.4 Å². The Balaban J connectivity index is 1.43. The molecule has 2 aliphatic carbocycles. The molecule has 7 rings (SSSR count).